The van der Waals surface area contributed by atoms with Crippen molar-refractivity contribution in [2.75, 3.05) is 19.8 Å². The van der Waals surface area contributed by atoms with E-state index < -0.39 is 0 Å². The molecule has 0 spiro atoms. The fourth-order valence-electron chi connectivity index (χ4n) is 4.40. The highest BCUT2D eigenvalue weighted by Crippen LogP contribution is 2.20. The van der Waals surface area contributed by atoms with E-state index in [-0.39, 0.29) is 12.5 Å². The Morgan fingerprint density at radius 2 is 1.73 bits per heavy atom. The van der Waals surface area contributed by atoms with Crippen LogP contribution in [0, 0.1) is 20.8 Å². The van der Waals surface area contributed by atoms with E-state index in [9.17, 15) is 4.79 Å². The van der Waals surface area contributed by atoms with Gasteiger partial charge in [0, 0.05) is 13.0 Å². The molecular formula is C31H37N3O3. The van der Waals surface area contributed by atoms with Crippen LogP contribution in [0.3, 0.4) is 0 Å². The lowest BCUT2D eigenvalue weighted by molar-refractivity contribution is -0.123. The van der Waals surface area contributed by atoms with Gasteiger partial charge in [0.1, 0.15) is 23.9 Å². The van der Waals surface area contributed by atoms with E-state index in [2.05, 4.69) is 47.1 Å². The minimum absolute atomic E-state index is 0.0406. The number of rotatable bonds is 13. The number of carbonyl (C=O) groups is 1. The Bertz CT molecular complexity index is 1330. The van der Waals surface area contributed by atoms with Crippen molar-refractivity contribution < 1.29 is 14.3 Å². The second kappa shape index (κ2) is 12.9. The molecule has 1 N–H and O–H groups in total. The maximum Gasteiger partial charge on any atom is 0.257 e. The Morgan fingerprint density at radius 1 is 0.892 bits per heavy atom. The zero-order chi connectivity index (χ0) is 26.0. The average molecular weight is 500 g/mol. The smallest absolute Gasteiger partial charge is 0.257 e. The largest absolute Gasteiger partial charge is 0.492 e. The lowest BCUT2D eigenvalue weighted by atomic mass is 10.1. The molecule has 37 heavy (non-hydrogen) atoms. The van der Waals surface area contributed by atoms with Crippen LogP contribution in [0.5, 0.6) is 11.5 Å². The maximum atomic E-state index is 12.2. The fourth-order valence-corrected chi connectivity index (χ4v) is 4.40. The summed E-state index contributed by atoms with van der Waals surface area (Å²) in [5.41, 5.74) is 5.50. The summed E-state index contributed by atoms with van der Waals surface area (Å²) in [6, 6.07) is 22.4. The molecule has 1 heterocycles. The number of ether oxygens (including phenoxy) is 2. The van der Waals surface area contributed by atoms with Crippen molar-refractivity contribution in [2.45, 2.75) is 53.0 Å². The third-order valence-corrected chi connectivity index (χ3v) is 6.41. The number of amides is 1. The molecular weight excluding hydrogens is 462 g/mol. The lowest BCUT2D eigenvalue weighted by Crippen LogP contribution is -2.29. The Balaban J connectivity index is 1.20. The molecule has 0 saturated heterocycles. The number of unbranched alkanes of at least 4 members (excludes halogenated alkanes) is 2. The minimum Gasteiger partial charge on any atom is -0.492 e. The number of fused-ring (bicyclic) bond motifs is 1. The molecule has 1 amide bonds. The van der Waals surface area contributed by atoms with Crippen molar-refractivity contribution in [1.82, 2.24) is 14.9 Å². The first-order valence-corrected chi connectivity index (χ1v) is 13.1. The molecule has 0 fully saturated rings. The molecule has 4 aromatic rings. The highest BCUT2D eigenvalue weighted by molar-refractivity contribution is 5.77. The Kier molecular flexibility index (Phi) is 9.19. The van der Waals surface area contributed by atoms with Gasteiger partial charge in [0.15, 0.2) is 6.61 Å². The number of nitrogens with zero attached hydrogens (tertiary/aromatic N) is 2. The van der Waals surface area contributed by atoms with Gasteiger partial charge in [-0.1, -0.05) is 42.8 Å². The van der Waals surface area contributed by atoms with Gasteiger partial charge in [0.2, 0.25) is 0 Å². The monoisotopic (exact) mass is 499 g/mol. The van der Waals surface area contributed by atoms with Gasteiger partial charge in [-0.25, -0.2) is 4.98 Å². The lowest BCUT2D eigenvalue weighted by Gasteiger charge is -2.12. The molecule has 0 aliphatic heterocycles. The number of aryl methyl sites for hydroxylation is 4. The van der Waals surface area contributed by atoms with Crippen molar-refractivity contribution in [3.05, 3.63) is 89.2 Å². The van der Waals surface area contributed by atoms with E-state index in [0.29, 0.717) is 13.2 Å². The molecule has 0 aliphatic carbocycles. The van der Waals surface area contributed by atoms with Gasteiger partial charge in [0.05, 0.1) is 17.6 Å². The summed E-state index contributed by atoms with van der Waals surface area (Å²) < 4.78 is 14.0. The average Bonchev–Trinajstić information content (AvgIpc) is 3.24. The summed E-state index contributed by atoms with van der Waals surface area (Å²) in [5, 5.41) is 2.96. The molecule has 6 heteroatoms. The van der Waals surface area contributed by atoms with Gasteiger partial charge >= 0.3 is 0 Å². The van der Waals surface area contributed by atoms with Crippen LogP contribution in [0.2, 0.25) is 0 Å². The number of hydrogen-bond donors (Lipinski definition) is 1. The fraction of sp³-hybridized carbons (Fsp3) is 0.355. The number of hydrogen-bond acceptors (Lipinski definition) is 4. The van der Waals surface area contributed by atoms with Crippen LogP contribution < -0.4 is 14.8 Å². The summed E-state index contributed by atoms with van der Waals surface area (Å²) >= 11 is 0. The van der Waals surface area contributed by atoms with Gasteiger partial charge < -0.3 is 19.4 Å². The van der Waals surface area contributed by atoms with Crippen LogP contribution in [-0.2, 0) is 17.8 Å². The number of para-hydroxylation sites is 2. The summed E-state index contributed by atoms with van der Waals surface area (Å²) in [6.07, 6.45) is 3.84. The first kappa shape index (κ1) is 26.3. The third kappa shape index (κ3) is 7.59. The van der Waals surface area contributed by atoms with Crippen LogP contribution in [0.4, 0.5) is 0 Å². The molecule has 1 aromatic heterocycles. The van der Waals surface area contributed by atoms with Gasteiger partial charge in [-0.05, 0) is 80.6 Å². The minimum atomic E-state index is -0.0868. The maximum absolute atomic E-state index is 12.2. The number of carbonyl (C=O) groups excluding carboxylic acids is 1. The van der Waals surface area contributed by atoms with Gasteiger partial charge in [-0.15, -0.1) is 0 Å². The number of benzene rings is 3. The van der Waals surface area contributed by atoms with E-state index in [0.717, 1.165) is 71.7 Å². The highest BCUT2D eigenvalue weighted by Gasteiger charge is 2.11. The van der Waals surface area contributed by atoms with Crippen molar-refractivity contribution in [1.29, 1.82) is 0 Å². The zero-order valence-electron chi connectivity index (χ0n) is 22.1. The quantitative estimate of drug-likeness (QED) is 0.231. The summed E-state index contributed by atoms with van der Waals surface area (Å²) in [6.45, 7) is 8.10. The van der Waals surface area contributed by atoms with Crippen molar-refractivity contribution in [3.63, 3.8) is 0 Å². The van der Waals surface area contributed by atoms with Crippen LogP contribution in [-0.4, -0.2) is 35.2 Å². The number of nitrogens with one attached hydrogen (secondary N) is 1. The summed E-state index contributed by atoms with van der Waals surface area (Å²) in [7, 11) is 0. The molecule has 194 valence electrons. The zero-order valence-corrected chi connectivity index (χ0v) is 22.1. The predicted octanol–water partition coefficient (Wildman–Crippen LogP) is 5.95. The van der Waals surface area contributed by atoms with Gasteiger partial charge in [0.25, 0.3) is 5.91 Å². The molecule has 6 nitrogen and oxygen atoms in total. The number of aromatic nitrogens is 2. The topological polar surface area (TPSA) is 65.4 Å². The molecule has 0 unspecified atom stereocenters. The summed E-state index contributed by atoms with van der Waals surface area (Å²) in [5.74, 6) is 2.66. The Morgan fingerprint density at radius 3 is 2.59 bits per heavy atom. The van der Waals surface area contributed by atoms with E-state index in [1.807, 2.05) is 50.2 Å². The van der Waals surface area contributed by atoms with Crippen LogP contribution in [0.1, 0.15) is 41.8 Å². The van der Waals surface area contributed by atoms with Crippen molar-refractivity contribution in [2.24, 2.45) is 0 Å². The predicted molar refractivity (Wildman–Crippen MR) is 148 cm³/mol. The van der Waals surface area contributed by atoms with E-state index >= 15 is 0 Å². The molecule has 0 atom stereocenters. The SMILES string of the molecule is Cc1cccc(OCCn2c(CCCCCNC(=O)COc3cc(C)ccc3C)nc3ccccc32)c1. The standard InChI is InChI=1S/C31H37N3O3/c1-23-10-9-11-26(20-23)36-19-18-34-28-13-7-6-12-27(28)33-30(34)14-5-4-8-17-32-31(35)22-37-29-21-24(2)15-16-25(29)3/h6-7,9-13,15-16,20-21H,4-5,8,14,17-19,22H2,1-3H3,(H,32,35). The molecule has 3 aromatic carbocycles. The van der Waals surface area contributed by atoms with Crippen molar-refractivity contribution in [3.8, 4) is 11.5 Å². The normalized spacial score (nSPS) is 11.0. The van der Waals surface area contributed by atoms with Crippen LogP contribution in [0.15, 0.2) is 66.7 Å². The highest BCUT2D eigenvalue weighted by atomic mass is 16.5. The second-order valence-corrected chi connectivity index (χ2v) is 9.55. The van der Waals surface area contributed by atoms with Crippen LogP contribution in [0.25, 0.3) is 11.0 Å². The Hall–Kier alpha value is -3.80. The molecule has 0 saturated carbocycles. The van der Waals surface area contributed by atoms with E-state index in [1.54, 1.807) is 0 Å². The molecule has 0 bridgehead atoms. The number of imidazole rings is 1. The van der Waals surface area contributed by atoms with Gasteiger partial charge in [-0.3, -0.25) is 4.79 Å². The van der Waals surface area contributed by atoms with Crippen LogP contribution >= 0.6 is 0 Å². The second-order valence-electron chi connectivity index (χ2n) is 9.55. The van der Waals surface area contributed by atoms with Crippen molar-refractivity contribution >= 4 is 16.9 Å². The van der Waals surface area contributed by atoms with Gasteiger partial charge in [-0.2, -0.15) is 0 Å². The molecule has 0 radical (unpaired) electrons. The third-order valence-electron chi connectivity index (χ3n) is 6.41. The molecule has 0 aliphatic rings. The van der Waals surface area contributed by atoms with E-state index in [4.69, 9.17) is 14.5 Å². The first-order valence-electron chi connectivity index (χ1n) is 13.1. The first-order chi connectivity index (χ1) is 18.0. The van der Waals surface area contributed by atoms with E-state index in [1.165, 1.54) is 5.56 Å². The summed E-state index contributed by atoms with van der Waals surface area (Å²) in [4.78, 5) is 17.1. The Labute approximate surface area is 219 Å². The molecule has 4 rings (SSSR count).